The van der Waals surface area contributed by atoms with Crippen molar-refractivity contribution in [2.75, 3.05) is 40.3 Å². The van der Waals surface area contributed by atoms with Crippen molar-refractivity contribution in [3.8, 4) is 23.0 Å². The van der Waals surface area contributed by atoms with Gasteiger partial charge in [0.05, 0.1) is 39.6 Å². The summed E-state index contributed by atoms with van der Waals surface area (Å²) in [6.45, 7) is 3.15. The smallest absolute Gasteiger partial charge is 0.254 e. The Hall–Kier alpha value is -4.46. The third-order valence-corrected chi connectivity index (χ3v) is 6.81. The normalized spacial score (nSPS) is 11.5. The van der Waals surface area contributed by atoms with Gasteiger partial charge in [0, 0.05) is 42.3 Å². The number of carbonyl (C=O) groups is 1. The Balaban J connectivity index is 1.49. The zero-order valence-electron chi connectivity index (χ0n) is 23.8. The maximum Gasteiger partial charge on any atom is 0.254 e. The van der Waals surface area contributed by atoms with Gasteiger partial charge in [-0.25, -0.2) is 0 Å². The van der Waals surface area contributed by atoms with Crippen molar-refractivity contribution in [2.45, 2.75) is 32.4 Å². The maximum atomic E-state index is 13.7. The Kier molecular flexibility index (Phi) is 9.67. The molecule has 40 heavy (non-hydrogen) atoms. The molecular formula is C32H37N3O5. The van der Waals surface area contributed by atoms with Crippen LogP contribution in [-0.2, 0) is 6.54 Å². The van der Waals surface area contributed by atoms with Crippen molar-refractivity contribution in [1.82, 2.24) is 9.88 Å². The predicted molar refractivity (Wildman–Crippen MR) is 158 cm³/mol. The van der Waals surface area contributed by atoms with Crippen LogP contribution < -0.4 is 24.3 Å². The van der Waals surface area contributed by atoms with Gasteiger partial charge >= 0.3 is 0 Å². The van der Waals surface area contributed by atoms with Gasteiger partial charge in [-0.2, -0.15) is 0 Å². The molecule has 3 aromatic carbocycles. The second-order valence-corrected chi connectivity index (χ2v) is 9.59. The SMILES string of the molecule is COc1cccc(C(=O)N(CCCC(C)Nc2cc(OC)cc3cccnc23)Cc2ccc(OC)c(OC)c2)c1. The van der Waals surface area contributed by atoms with Crippen LogP contribution in [0.25, 0.3) is 10.9 Å². The maximum absolute atomic E-state index is 13.7. The Labute approximate surface area is 235 Å². The van der Waals surface area contributed by atoms with E-state index >= 15 is 0 Å². The summed E-state index contributed by atoms with van der Waals surface area (Å²) in [4.78, 5) is 20.1. The van der Waals surface area contributed by atoms with Crippen molar-refractivity contribution in [1.29, 1.82) is 0 Å². The number of ether oxygens (including phenoxy) is 4. The standard InChI is InChI=1S/C32H37N3O5/c1-22(34-28-20-27(38-3)18-24-11-7-15-33-31(24)28)9-8-16-35(32(36)25-10-6-12-26(19-25)37-2)21-23-13-14-29(39-4)30(17-23)40-5/h6-7,10-15,17-20,22,34H,8-9,16,21H2,1-5H3. The van der Waals surface area contributed by atoms with E-state index in [-0.39, 0.29) is 11.9 Å². The number of fused-ring (bicyclic) bond motifs is 1. The molecule has 0 fully saturated rings. The fraction of sp³-hybridized carbons (Fsp3) is 0.312. The predicted octanol–water partition coefficient (Wildman–Crippen LogP) is 6.19. The van der Waals surface area contributed by atoms with Gasteiger partial charge in [0.15, 0.2) is 11.5 Å². The van der Waals surface area contributed by atoms with Crippen molar-refractivity contribution in [2.24, 2.45) is 0 Å². The summed E-state index contributed by atoms with van der Waals surface area (Å²) in [7, 11) is 6.48. The van der Waals surface area contributed by atoms with Gasteiger partial charge in [0.25, 0.3) is 5.91 Å². The molecule has 0 saturated heterocycles. The first-order valence-electron chi connectivity index (χ1n) is 13.3. The molecule has 4 aromatic rings. The average molecular weight is 544 g/mol. The second kappa shape index (κ2) is 13.6. The average Bonchev–Trinajstić information content (AvgIpc) is 2.99. The number of methoxy groups -OCH3 is 4. The molecule has 0 radical (unpaired) electrons. The largest absolute Gasteiger partial charge is 0.497 e. The fourth-order valence-electron chi connectivity index (χ4n) is 4.71. The van der Waals surface area contributed by atoms with Crippen LogP contribution >= 0.6 is 0 Å². The molecule has 1 heterocycles. The highest BCUT2D eigenvalue weighted by atomic mass is 16.5. The van der Waals surface area contributed by atoms with Crippen LogP contribution in [0.4, 0.5) is 5.69 Å². The van der Waals surface area contributed by atoms with E-state index in [9.17, 15) is 4.79 Å². The van der Waals surface area contributed by atoms with E-state index in [2.05, 4.69) is 17.2 Å². The van der Waals surface area contributed by atoms with Crippen molar-refractivity contribution in [3.63, 3.8) is 0 Å². The minimum Gasteiger partial charge on any atom is -0.497 e. The first-order chi connectivity index (χ1) is 19.4. The molecule has 1 unspecified atom stereocenters. The molecule has 0 aliphatic heterocycles. The van der Waals surface area contributed by atoms with Crippen LogP contribution in [0.3, 0.4) is 0 Å². The van der Waals surface area contributed by atoms with Gasteiger partial charge in [-0.15, -0.1) is 0 Å². The zero-order chi connectivity index (χ0) is 28.5. The molecule has 4 rings (SSSR count). The molecule has 1 aromatic heterocycles. The van der Waals surface area contributed by atoms with Gasteiger partial charge in [0.1, 0.15) is 11.5 Å². The third kappa shape index (κ3) is 6.94. The molecule has 0 spiro atoms. The van der Waals surface area contributed by atoms with E-state index < -0.39 is 0 Å². The lowest BCUT2D eigenvalue weighted by Gasteiger charge is -2.25. The van der Waals surface area contributed by atoms with E-state index in [1.807, 2.05) is 65.6 Å². The molecule has 1 amide bonds. The topological polar surface area (TPSA) is 82.2 Å². The van der Waals surface area contributed by atoms with Crippen molar-refractivity contribution in [3.05, 3.63) is 84.1 Å². The third-order valence-electron chi connectivity index (χ3n) is 6.81. The molecule has 0 aliphatic carbocycles. The van der Waals surface area contributed by atoms with E-state index in [4.69, 9.17) is 18.9 Å². The molecule has 0 saturated carbocycles. The Bertz CT molecular complexity index is 1440. The van der Waals surface area contributed by atoms with Gasteiger partial charge in [-0.3, -0.25) is 9.78 Å². The molecule has 0 aliphatic rings. The summed E-state index contributed by atoms with van der Waals surface area (Å²) in [6, 6.07) is 21.0. The number of hydrogen-bond donors (Lipinski definition) is 1. The Morgan fingerprint density at radius 3 is 2.42 bits per heavy atom. The lowest BCUT2D eigenvalue weighted by Crippen LogP contribution is -2.32. The number of nitrogens with one attached hydrogen (secondary N) is 1. The highest BCUT2D eigenvalue weighted by Gasteiger charge is 2.19. The number of pyridine rings is 1. The number of anilines is 1. The summed E-state index contributed by atoms with van der Waals surface area (Å²) in [5.41, 5.74) is 3.37. The number of benzene rings is 3. The number of aromatic nitrogens is 1. The number of nitrogens with zero attached hydrogens (tertiary/aromatic N) is 2. The van der Waals surface area contributed by atoms with Gasteiger partial charge in [-0.1, -0.05) is 18.2 Å². The van der Waals surface area contributed by atoms with E-state index in [0.29, 0.717) is 35.9 Å². The summed E-state index contributed by atoms with van der Waals surface area (Å²) in [6.07, 6.45) is 3.44. The summed E-state index contributed by atoms with van der Waals surface area (Å²) < 4.78 is 21.7. The first kappa shape index (κ1) is 28.5. The number of rotatable bonds is 13. The highest BCUT2D eigenvalue weighted by molar-refractivity contribution is 5.94. The quantitative estimate of drug-likeness (QED) is 0.215. The van der Waals surface area contributed by atoms with Crippen LogP contribution in [0.2, 0.25) is 0 Å². The van der Waals surface area contributed by atoms with Crippen LogP contribution in [0.15, 0.2) is 72.9 Å². The van der Waals surface area contributed by atoms with Gasteiger partial charge in [0.2, 0.25) is 0 Å². The minimum atomic E-state index is -0.0581. The van der Waals surface area contributed by atoms with E-state index in [1.54, 1.807) is 40.7 Å². The van der Waals surface area contributed by atoms with Crippen LogP contribution in [-0.4, -0.2) is 56.8 Å². The lowest BCUT2D eigenvalue weighted by molar-refractivity contribution is 0.0739. The monoisotopic (exact) mass is 543 g/mol. The first-order valence-corrected chi connectivity index (χ1v) is 13.3. The highest BCUT2D eigenvalue weighted by Crippen LogP contribution is 2.30. The molecule has 1 N–H and O–H groups in total. The molecule has 0 bridgehead atoms. The van der Waals surface area contributed by atoms with Crippen molar-refractivity contribution >= 4 is 22.5 Å². The van der Waals surface area contributed by atoms with Crippen molar-refractivity contribution < 1.29 is 23.7 Å². The molecular weight excluding hydrogens is 506 g/mol. The minimum absolute atomic E-state index is 0.0581. The van der Waals surface area contributed by atoms with Crippen LogP contribution in [0, 0.1) is 0 Å². The summed E-state index contributed by atoms with van der Waals surface area (Å²) in [5, 5.41) is 4.61. The number of carbonyl (C=O) groups excluding carboxylic acids is 1. The Morgan fingerprint density at radius 1 is 0.875 bits per heavy atom. The fourth-order valence-corrected chi connectivity index (χ4v) is 4.71. The van der Waals surface area contributed by atoms with Crippen LogP contribution in [0.1, 0.15) is 35.7 Å². The van der Waals surface area contributed by atoms with E-state index in [0.717, 1.165) is 40.7 Å². The van der Waals surface area contributed by atoms with Gasteiger partial charge < -0.3 is 29.2 Å². The lowest BCUT2D eigenvalue weighted by atomic mass is 10.1. The van der Waals surface area contributed by atoms with Gasteiger partial charge in [-0.05, 0) is 67.8 Å². The number of hydrogen-bond acceptors (Lipinski definition) is 7. The number of amides is 1. The molecule has 8 heteroatoms. The second-order valence-electron chi connectivity index (χ2n) is 9.59. The Morgan fingerprint density at radius 2 is 1.68 bits per heavy atom. The van der Waals surface area contributed by atoms with E-state index in [1.165, 1.54) is 0 Å². The molecule has 8 nitrogen and oxygen atoms in total. The molecule has 1 atom stereocenters. The summed E-state index contributed by atoms with van der Waals surface area (Å²) in [5.74, 6) is 2.65. The zero-order valence-corrected chi connectivity index (χ0v) is 23.8. The molecule has 210 valence electrons. The summed E-state index contributed by atoms with van der Waals surface area (Å²) >= 11 is 0. The van der Waals surface area contributed by atoms with Crippen LogP contribution in [0.5, 0.6) is 23.0 Å².